The first-order valence-corrected chi connectivity index (χ1v) is 8.84. The van der Waals surface area contributed by atoms with E-state index < -0.39 is 0 Å². The van der Waals surface area contributed by atoms with Crippen LogP contribution >= 0.6 is 0 Å². The molecule has 3 aliphatic rings. The van der Waals surface area contributed by atoms with Gasteiger partial charge >= 0.3 is 0 Å². The lowest BCUT2D eigenvalue weighted by molar-refractivity contribution is -0.139. The molecule has 2 saturated carbocycles. The zero-order chi connectivity index (χ0) is 14.9. The summed E-state index contributed by atoms with van der Waals surface area (Å²) >= 11 is 0. The van der Waals surface area contributed by atoms with Crippen LogP contribution in [0.2, 0.25) is 0 Å². The quantitative estimate of drug-likeness (QED) is 0.856. The van der Waals surface area contributed by atoms with Gasteiger partial charge in [0.2, 0.25) is 5.91 Å². The third-order valence-corrected chi connectivity index (χ3v) is 5.99. The Bertz CT molecular complexity index is 521. The number of hydrogen-bond acceptors (Lipinski definition) is 2. The second-order valence-corrected chi connectivity index (χ2v) is 7.37. The van der Waals surface area contributed by atoms with Gasteiger partial charge in [0.1, 0.15) is 0 Å². The Balaban J connectivity index is 1.29. The second-order valence-electron chi connectivity index (χ2n) is 7.37. The van der Waals surface area contributed by atoms with Crippen molar-refractivity contribution in [1.82, 2.24) is 9.80 Å². The Morgan fingerprint density at radius 1 is 1.00 bits per heavy atom. The number of fused-ring (bicyclic) bond motifs is 2. The lowest BCUT2D eigenvalue weighted by Gasteiger charge is -2.37. The topological polar surface area (TPSA) is 23.6 Å². The highest BCUT2D eigenvalue weighted by atomic mass is 16.2. The van der Waals surface area contributed by atoms with Crippen LogP contribution in [-0.4, -0.2) is 41.9 Å². The van der Waals surface area contributed by atoms with Crippen molar-refractivity contribution in [2.75, 3.05) is 26.2 Å². The fourth-order valence-corrected chi connectivity index (χ4v) is 4.75. The first kappa shape index (κ1) is 14.3. The van der Waals surface area contributed by atoms with Gasteiger partial charge in [0.25, 0.3) is 0 Å². The van der Waals surface area contributed by atoms with E-state index in [4.69, 9.17) is 0 Å². The van der Waals surface area contributed by atoms with Crippen LogP contribution in [0.5, 0.6) is 0 Å². The van der Waals surface area contributed by atoms with E-state index >= 15 is 0 Å². The van der Waals surface area contributed by atoms with Gasteiger partial charge in [-0.2, -0.15) is 0 Å². The summed E-state index contributed by atoms with van der Waals surface area (Å²) < 4.78 is 0. The molecule has 118 valence electrons. The van der Waals surface area contributed by atoms with Crippen molar-refractivity contribution >= 4 is 5.91 Å². The van der Waals surface area contributed by atoms with Crippen LogP contribution in [0.15, 0.2) is 30.3 Å². The normalized spacial score (nSPS) is 31.6. The standard InChI is InChI=1S/C19H26N2O/c22-19(18-13-16-6-7-17(18)12-16)21-10-8-20(9-11-21)14-15-4-2-1-3-5-15/h1-5,16-18H,6-14H2/t16-,17-,18-/m0/s1. The first-order chi connectivity index (χ1) is 10.8. The summed E-state index contributed by atoms with van der Waals surface area (Å²) in [6, 6.07) is 10.6. The van der Waals surface area contributed by atoms with Gasteiger partial charge < -0.3 is 4.90 Å². The van der Waals surface area contributed by atoms with Gasteiger partial charge in [-0.1, -0.05) is 36.8 Å². The Morgan fingerprint density at radius 2 is 1.77 bits per heavy atom. The molecule has 0 N–H and O–H groups in total. The molecule has 2 bridgehead atoms. The molecule has 2 aliphatic carbocycles. The maximum atomic E-state index is 12.8. The van der Waals surface area contributed by atoms with E-state index in [2.05, 4.69) is 40.1 Å². The van der Waals surface area contributed by atoms with Gasteiger partial charge in [-0.25, -0.2) is 0 Å². The molecule has 0 aromatic heterocycles. The minimum absolute atomic E-state index is 0.361. The molecule has 0 unspecified atom stereocenters. The van der Waals surface area contributed by atoms with Crippen LogP contribution in [0, 0.1) is 17.8 Å². The van der Waals surface area contributed by atoms with Crippen LogP contribution in [-0.2, 0) is 11.3 Å². The summed E-state index contributed by atoms with van der Waals surface area (Å²) in [7, 11) is 0. The minimum Gasteiger partial charge on any atom is -0.340 e. The zero-order valence-corrected chi connectivity index (χ0v) is 13.3. The molecule has 3 fully saturated rings. The molecule has 1 aromatic rings. The Labute approximate surface area is 133 Å². The van der Waals surface area contributed by atoms with Gasteiger partial charge in [-0.15, -0.1) is 0 Å². The highest BCUT2D eigenvalue weighted by molar-refractivity contribution is 5.79. The summed E-state index contributed by atoms with van der Waals surface area (Å²) in [5.74, 6) is 2.39. The summed E-state index contributed by atoms with van der Waals surface area (Å²) in [4.78, 5) is 17.4. The number of carbonyl (C=O) groups is 1. The molecule has 0 radical (unpaired) electrons. The average molecular weight is 298 g/mol. The number of piperazine rings is 1. The van der Waals surface area contributed by atoms with Crippen LogP contribution in [0.1, 0.15) is 31.2 Å². The average Bonchev–Trinajstić information content (AvgIpc) is 3.19. The second kappa shape index (κ2) is 6.04. The Morgan fingerprint density at radius 3 is 2.41 bits per heavy atom. The molecular weight excluding hydrogens is 272 g/mol. The zero-order valence-electron chi connectivity index (χ0n) is 13.3. The fraction of sp³-hybridized carbons (Fsp3) is 0.632. The summed E-state index contributed by atoms with van der Waals surface area (Å²) in [5.41, 5.74) is 1.37. The van der Waals surface area contributed by atoms with Crippen LogP contribution in [0.3, 0.4) is 0 Å². The van der Waals surface area contributed by atoms with Crippen molar-refractivity contribution in [3.05, 3.63) is 35.9 Å². The third-order valence-electron chi connectivity index (χ3n) is 5.99. The van der Waals surface area contributed by atoms with Crippen LogP contribution < -0.4 is 0 Å². The van der Waals surface area contributed by atoms with Gasteiger partial charge in [0.05, 0.1) is 0 Å². The predicted octanol–water partition coefficient (Wildman–Crippen LogP) is 2.77. The van der Waals surface area contributed by atoms with Crippen molar-refractivity contribution in [2.45, 2.75) is 32.2 Å². The molecular formula is C19H26N2O. The maximum absolute atomic E-state index is 12.8. The van der Waals surface area contributed by atoms with Crippen LogP contribution in [0.25, 0.3) is 0 Å². The molecule has 1 heterocycles. The number of benzene rings is 1. The predicted molar refractivity (Wildman–Crippen MR) is 87.2 cm³/mol. The first-order valence-electron chi connectivity index (χ1n) is 8.84. The van der Waals surface area contributed by atoms with Crippen molar-refractivity contribution in [3.8, 4) is 0 Å². The van der Waals surface area contributed by atoms with E-state index in [0.29, 0.717) is 17.7 Å². The number of amides is 1. The molecule has 3 heteroatoms. The van der Waals surface area contributed by atoms with Crippen molar-refractivity contribution in [3.63, 3.8) is 0 Å². The molecule has 1 saturated heterocycles. The number of nitrogens with zero attached hydrogens (tertiary/aromatic N) is 2. The minimum atomic E-state index is 0.361. The van der Waals surface area contributed by atoms with Crippen LogP contribution in [0.4, 0.5) is 0 Å². The largest absolute Gasteiger partial charge is 0.340 e. The molecule has 1 aromatic carbocycles. The summed E-state index contributed by atoms with van der Waals surface area (Å²) in [5, 5.41) is 0. The van der Waals surface area contributed by atoms with E-state index in [1.54, 1.807) is 0 Å². The number of hydrogen-bond donors (Lipinski definition) is 0. The number of carbonyl (C=O) groups excluding carboxylic acids is 1. The van der Waals surface area contributed by atoms with Gasteiger partial charge in [0.15, 0.2) is 0 Å². The molecule has 4 rings (SSSR count). The van der Waals surface area contributed by atoms with E-state index in [9.17, 15) is 4.79 Å². The highest BCUT2D eigenvalue weighted by Crippen LogP contribution is 2.48. The molecule has 0 spiro atoms. The smallest absolute Gasteiger partial charge is 0.226 e. The van der Waals surface area contributed by atoms with E-state index in [-0.39, 0.29) is 0 Å². The van der Waals surface area contributed by atoms with Gasteiger partial charge in [-0.05, 0) is 36.7 Å². The monoisotopic (exact) mass is 298 g/mol. The van der Waals surface area contributed by atoms with Gasteiger partial charge in [-0.3, -0.25) is 9.69 Å². The molecule has 22 heavy (non-hydrogen) atoms. The van der Waals surface area contributed by atoms with Crippen molar-refractivity contribution in [1.29, 1.82) is 0 Å². The van der Waals surface area contributed by atoms with Crippen molar-refractivity contribution in [2.24, 2.45) is 17.8 Å². The SMILES string of the molecule is O=C([C@H]1C[C@H]2CC[C@H]1C2)N1CCN(Cc2ccccc2)CC1. The fourth-order valence-electron chi connectivity index (χ4n) is 4.75. The molecule has 1 amide bonds. The lowest BCUT2D eigenvalue weighted by atomic mass is 9.87. The molecule has 3 atom stereocenters. The molecule has 3 nitrogen and oxygen atoms in total. The van der Waals surface area contributed by atoms with E-state index in [1.807, 2.05) is 0 Å². The summed E-state index contributed by atoms with van der Waals surface area (Å²) in [6.45, 7) is 4.87. The Hall–Kier alpha value is -1.35. The summed E-state index contributed by atoms with van der Waals surface area (Å²) in [6.07, 6.45) is 5.17. The maximum Gasteiger partial charge on any atom is 0.226 e. The van der Waals surface area contributed by atoms with Crippen molar-refractivity contribution < 1.29 is 4.79 Å². The molecule has 1 aliphatic heterocycles. The van der Waals surface area contributed by atoms with E-state index in [0.717, 1.165) is 38.6 Å². The third kappa shape index (κ3) is 2.79. The highest BCUT2D eigenvalue weighted by Gasteiger charge is 2.44. The number of rotatable bonds is 3. The van der Waals surface area contributed by atoms with E-state index in [1.165, 1.54) is 31.2 Å². The lowest BCUT2D eigenvalue weighted by Crippen LogP contribution is -2.50. The van der Waals surface area contributed by atoms with Gasteiger partial charge in [0, 0.05) is 38.6 Å². The Kier molecular flexibility index (Phi) is 3.91.